The van der Waals surface area contributed by atoms with Crippen LogP contribution >= 0.6 is 8.53 Å². The summed E-state index contributed by atoms with van der Waals surface area (Å²) in [6, 6.07) is 0. The predicted molar refractivity (Wildman–Crippen MR) is 103 cm³/mol. The Morgan fingerprint density at radius 3 is 2.93 bits per heavy atom. The van der Waals surface area contributed by atoms with Crippen LogP contribution in [-0.4, -0.2) is 73.5 Å². The van der Waals surface area contributed by atoms with Gasteiger partial charge in [-0.2, -0.15) is 0 Å². The lowest BCUT2D eigenvalue weighted by Gasteiger charge is -2.22. The number of aliphatic hydroxyl groups excluding tert-OH is 1. The molecular weight excluding hydrogens is 405 g/mol. The predicted octanol–water partition coefficient (Wildman–Crippen LogP) is -1.88. The Morgan fingerprint density at radius 2 is 2.21 bits per heavy atom. The van der Waals surface area contributed by atoms with Gasteiger partial charge in [0.15, 0.2) is 23.7 Å². The molecule has 1 aliphatic rings. The first-order chi connectivity index (χ1) is 13.9. The fourth-order valence-corrected chi connectivity index (χ4v) is 3.28. The average molecular weight is 429 g/mol. The number of nitrogens with two attached hydrogens (primary N) is 3. The van der Waals surface area contributed by atoms with Gasteiger partial charge in [-0.25, -0.2) is 15.0 Å². The first-order valence-electron chi connectivity index (χ1n) is 8.71. The fourth-order valence-electron chi connectivity index (χ4n) is 2.98. The van der Waals surface area contributed by atoms with E-state index in [1.165, 1.54) is 12.7 Å². The van der Waals surface area contributed by atoms with E-state index in [-0.39, 0.29) is 25.0 Å². The van der Waals surface area contributed by atoms with Crippen LogP contribution < -0.4 is 22.3 Å². The molecule has 15 heteroatoms. The normalized spacial score (nSPS) is 25.3. The average Bonchev–Trinajstić information content (AvgIpc) is 3.22. The zero-order chi connectivity index (χ0) is 21.0. The van der Waals surface area contributed by atoms with Gasteiger partial charge >= 0.3 is 0 Å². The molecule has 0 amide bonds. The zero-order valence-electron chi connectivity index (χ0n) is 15.4. The number of guanidine groups is 1. The van der Waals surface area contributed by atoms with Crippen molar-refractivity contribution in [3.63, 3.8) is 0 Å². The van der Waals surface area contributed by atoms with Crippen LogP contribution in [0.5, 0.6) is 0 Å². The van der Waals surface area contributed by atoms with E-state index in [9.17, 15) is 10.00 Å². The number of rotatable bonds is 9. The lowest BCUT2D eigenvalue weighted by Crippen LogP contribution is -2.37. The molecule has 0 radical (unpaired) electrons. The Morgan fingerprint density at radius 1 is 1.41 bits per heavy atom. The standard InChI is InChI=1S/C14H24N9O5P/c15-11-8-12(21-5-20-11)23(6-22-8)13-10(26-3-1-2-19-14(16)17)9(24)7(28-13)4-27-29(18)25/h5-7,9-10,13,24-25H,1-4,18H2,(H2,15,20,21)(H4,16,17,19)/t7-,9-,10-,13-,29?/m1/s1. The van der Waals surface area contributed by atoms with E-state index in [1.807, 2.05) is 0 Å². The number of hydrogen-bond donors (Lipinski definition) is 7. The minimum atomic E-state index is -2.09. The molecule has 3 rings (SSSR count). The van der Waals surface area contributed by atoms with Crippen LogP contribution in [0.25, 0.3) is 11.2 Å². The van der Waals surface area contributed by atoms with Crippen molar-refractivity contribution in [2.45, 2.75) is 31.0 Å². The molecule has 1 fully saturated rings. The summed E-state index contributed by atoms with van der Waals surface area (Å²) in [5, 5.41) is 20.5. The molecule has 1 aliphatic heterocycles. The fraction of sp³-hybridized carbons (Fsp3) is 0.571. The Hall–Kier alpha value is -2.19. The minimum absolute atomic E-state index is 0.119. The smallest absolute Gasteiger partial charge is 0.250 e. The second-order valence-electron chi connectivity index (χ2n) is 6.27. The third-order valence-corrected chi connectivity index (χ3v) is 4.71. The zero-order valence-corrected chi connectivity index (χ0v) is 16.3. The molecule has 5 atom stereocenters. The van der Waals surface area contributed by atoms with Crippen molar-refractivity contribution in [3.8, 4) is 0 Å². The maximum Gasteiger partial charge on any atom is 0.250 e. The summed E-state index contributed by atoms with van der Waals surface area (Å²) in [7, 11) is -2.09. The highest BCUT2D eigenvalue weighted by atomic mass is 31.2. The van der Waals surface area contributed by atoms with Crippen molar-refractivity contribution in [2.24, 2.45) is 11.2 Å². The highest BCUT2D eigenvalue weighted by Crippen LogP contribution is 2.35. The van der Waals surface area contributed by atoms with E-state index in [4.69, 9.17) is 36.4 Å². The summed E-state index contributed by atoms with van der Waals surface area (Å²) >= 11 is 0. The summed E-state index contributed by atoms with van der Waals surface area (Å²) in [5.41, 5.74) is 17.2. The van der Waals surface area contributed by atoms with E-state index < -0.39 is 33.1 Å². The second kappa shape index (κ2) is 9.54. The number of ether oxygens (including phenoxy) is 2. The van der Waals surface area contributed by atoms with Gasteiger partial charge in [-0.05, 0) is 6.42 Å². The van der Waals surface area contributed by atoms with Crippen LogP contribution in [0.3, 0.4) is 0 Å². The number of imidazole rings is 1. The van der Waals surface area contributed by atoms with Crippen LogP contribution in [-0.2, 0) is 14.0 Å². The van der Waals surface area contributed by atoms with Gasteiger partial charge in [-0.3, -0.25) is 15.5 Å². The molecule has 1 unspecified atom stereocenters. The van der Waals surface area contributed by atoms with Crippen molar-refractivity contribution in [2.75, 3.05) is 25.5 Å². The van der Waals surface area contributed by atoms with Crippen LogP contribution in [0.1, 0.15) is 12.6 Å². The lowest BCUT2D eigenvalue weighted by molar-refractivity contribution is -0.0696. The number of aromatic nitrogens is 4. The topological polar surface area (TPSA) is 226 Å². The van der Waals surface area contributed by atoms with Gasteiger partial charge in [0.1, 0.15) is 30.2 Å². The molecule has 0 bridgehead atoms. The van der Waals surface area contributed by atoms with Gasteiger partial charge in [-0.15, -0.1) is 0 Å². The van der Waals surface area contributed by atoms with Crippen molar-refractivity contribution in [1.29, 1.82) is 5.41 Å². The van der Waals surface area contributed by atoms with Crippen molar-refractivity contribution in [3.05, 3.63) is 12.7 Å². The Balaban J connectivity index is 1.77. The van der Waals surface area contributed by atoms with Crippen molar-refractivity contribution in [1.82, 2.24) is 24.8 Å². The highest BCUT2D eigenvalue weighted by molar-refractivity contribution is 7.43. The minimum Gasteiger partial charge on any atom is -0.387 e. The highest BCUT2D eigenvalue weighted by Gasteiger charge is 2.46. The third kappa shape index (κ3) is 5.05. The molecule has 2 aromatic rings. The molecule has 3 heterocycles. The molecule has 0 saturated carbocycles. The van der Waals surface area contributed by atoms with Gasteiger partial charge in [0.25, 0.3) is 0 Å². The maximum atomic E-state index is 10.7. The number of hydrogen-bond acceptors (Lipinski definition) is 11. The molecule has 0 spiro atoms. The number of nitrogens with one attached hydrogen (secondary N) is 2. The Kier molecular flexibility index (Phi) is 7.08. The molecule has 29 heavy (non-hydrogen) atoms. The molecule has 160 valence electrons. The number of anilines is 1. The number of fused-ring (bicyclic) bond motifs is 1. The van der Waals surface area contributed by atoms with E-state index in [2.05, 4.69) is 20.3 Å². The van der Waals surface area contributed by atoms with Crippen LogP contribution in [0.2, 0.25) is 0 Å². The van der Waals surface area contributed by atoms with Gasteiger partial charge in [0.2, 0.25) is 8.53 Å². The summed E-state index contributed by atoms with van der Waals surface area (Å²) in [4.78, 5) is 21.5. The molecule has 0 aliphatic carbocycles. The third-order valence-electron chi connectivity index (χ3n) is 4.29. The number of aliphatic hydroxyl groups is 1. The molecule has 0 aromatic carbocycles. The molecule has 10 N–H and O–H groups in total. The SMILES string of the molecule is N=C(N)NCCCO[C@@H]1[C@H](O)[C@@H](COP(N)O)O[C@H]1n1cnc2c(N)ncnc21. The summed E-state index contributed by atoms with van der Waals surface area (Å²) < 4.78 is 18.4. The largest absolute Gasteiger partial charge is 0.387 e. The maximum absolute atomic E-state index is 10.7. The van der Waals surface area contributed by atoms with E-state index in [1.54, 1.807) is 4.57 Å². The molecule has 2 aromatic heterocycles. The number of nitrogen functional groups attached to an aromatic ring is 1. The van der Waals surface area contributed by atoms with Gasteiger partial charge in [0, 0.05) is 13.2 Å². The summed E-state index contributed by atoms with van der Waals surface area (Å²) in [6.45, 7) is 0.588. The molecule has 14 nitrogen and oxygen atoms in total. The monoisotopic (exact) mass is 429 g/mol. The van der Waals surface area contributed by atoms with E-state index in [0.29, 0.717) is 24.1 Å². The van der Waals surface area contributed by atoms with Crippen LogP contribution in [0.4, 0.5) is 5.82 Å². The first kappa shape index (κ1) is 21.5. The van der Waals surface area contributed by atoms with Gasteiger partial charge in [0.05, 0.1) is 12.9 Å². The quantitative estimate of drug-likeness (QED) is 0.101. The summed E-state index contributed by atoms with van der Waals surface area (Å²) in [5.74, 6) is 0.0859. The van der Waals surface area contributed by atoms with Crippen LogP contribution in [0.15, 0.2) is 12.7 Å². The van der Waals surface area contributed by atoms with E-state index in [0.717, 1.165) is 0 Å². The molecule has 1 saturated heterocycles. The lowest BCUT2D eigenvalue weighted by atomic mass is 10.1. The van der Waals surface area contributed by atoms with E-state index >= 15 is 0 Å². The van der Waals surface area contributed by atoms with Crippen molar-refractivity contribution >= 4 is 31.5 Å². The first-order valence-corrected chi connectivity index (χ1v) is 9.99. The van der Waals surface area contributed by atoms with Crippen LogP contribution in [0, 0.1) is 5.41 Å². The van der Waals surface area contributed by atoms with Gasteiger partial charge < -0.3 is 40.8 Å². The molecular formula is C14H24N9O5P. The Labute approximate surface area is 166 Å². The second-order valence-corrected chi connectivity index (χ2v) is 7.13. The Bertz CT molecular complexity index is 837. The number of nitrogens with zero attached hydrogens (tertiary/aromatic N) is 4. The summed E-state index contributed by atoms with van der Waals surface area (Å²) in [6.07, 6.45) is -0.0883. The van der Waals surface area contributed by atoms with Gasteiger partial charge in [-0.1, -0.05) is 0 Å². The van der Waals surface area contributed by atoms with Crippen molar-refractivity contribution < 1.29 is 24.0 Å².